The van der Waals surface area contributed by atoms with Crippen LogP contribution in [0.4, 0.5) is 5.95 Å². The minimum atomic E-state index is 0.176. The first-order valence-electron chi connectivity index (χ1n) is 11.1. The highest BCUT2D eigenvalue weighted by Gasteiger charge is 2.36. The van der Waals surface area contributed by atoms with Crippen LogP contribution in [0.1, 0.15) is 35.0 Å². The molecule has 7 nitrogen and oxygen atoms in total. The molecule has 2 aromatic heterocycles. The summed E-state index contributed by atoms with van der Waals surface area (Å²) in [5.74, 6) is 2.54. The third-order valence-electron chi connectivity index (χ3n) is 6.55. The summed E-state index contributed by atoms with van der Waals surface area (Å²) in [6.07, 6.45) is 1.14. The first kappa shape index (κ1) is 20.0. The predicted molar refractivity (Wildman–Crippen MR) is 121 cm³/mol. The third kappa shape index (κ3) is 3.90. The van der Waals surface area contributed by atoms with Crippen molar-refractivity contribution in [2.75, 3.05) is 25.0 Å². The summed E-state index contributed by atoms with van der Waals surface area (Å²) < 4.78 is 3.92. The smallest absolute Gasteiger partial charge is 0.255 e. The van der Waals surface area contributed by atoms with E-state index in [2.05, 4.69) is 57.3 Å². The second-order valence-corrected chi connectivity index (χ2v) is 9.14. The molecule has 31 heavy (non-hydrogen) atoms. The van der Waals surface area contributed by atoms with E-state index in [1.54, 1.807) is 0 Å². The number of aromatic nitrogens is 4. The van der Waals surface area contributed by atoms with Gasteiger partial charge in [-0.05, 0) is 37.9 Å². The van der Waals surface area contributed by atoms with Gasteiger partial charge in [-0.2, -0.15) is 10.1 Å². The maximum atomic E-state index is 13.3. The quantitative estimate of drug-likeness (QED) is 0.637. The Balaban J connectivity index is 1.36. The number of rotatable bonds is 5. The maximum absolute atomic E-state index is 13.3. The molecule has 4 heterocycles. The van der Waals surface area contributed by atoms with Crippen molar-refractivity contribution < 1.29 is 0 Å². The summed E-state index contributed by atoms with van der Waals surface area (Å²) in [6, 6.07) is 14.6. The van der Waals surface area contributed by atoms with Crippen LogP contribution in [0.3, 0.4) is 0 Å². The largest absolute Gasteiger partial charge is 0.340 e. The monoisotopic (exact) mass is 418 g/mol. The molecule has 0 unspecified atom stereocenters. The molecule has 162 valence electrons. The lowest BCUT2D eigenvalue weighted by molar-refractivity contribution is 0.274. The zero-order chi connectivity index (χ0) is 21.5. The van der Waals surface area contributed by atoms with Gasteiger partial charge in [0.05, 0.1) is 0 Å². The average molecular weight is 419 g/mol. The molecule has 2 atom stereocenters. The number of benzene rings is 1. The van der Waals surface area contributed by atoms with Crippen molar-refractivity contribution >= 4 is 5.95 Å². The number of anilines is 1. The number of hydrogen-bond donors (Lipinski definition) is 0. The van der Waals surface area contributed by atoms with Gasteiger partial charge in [0.15, 0.2) is 0 Å². The van der Waals surface area contributed by atoms with E-state index >= 15 is 0 Å². The van der Waals surface area contributed by atoms with E-state index in [1.165, 1.54) is 11.3 Å². The summed E-state index contributed by atoms with van der Waals surface area (Å²) in [4.78, 5) is 22.5. The Hall–Kier alpha value is -2.93. The van der Waals surface area contributed by atoms with Crippen LogP contribution < -0.4 is 10.5 Å². The number of pyridine rings is 1. The van der Waals surface area contributed by atoms with E-state index in [9.17, 15) is 4.79 Å². The van der Waals surface area contributed by atoms with Gasteiger partial charge in [-0.25, -0.2) is 4.68 Å². The summed E-state index contributed by atoms with van der Waals surface area (Å²) in [5, 5.41) is 4.41. The second kappa shape index (κ2) is 7.96. The molecular weight excluding hydrogens is 388 g/mol. The zero-order valence-corrected chi connectivity index (χ0v) is 18.5. The predicted octanol–water partition coefficient (Wildman–Crippen LogP) is 2.54. The average Bonchev–Trinajstić information content (AvgIpc) is 3.09. The molecule has 0 spiro atoms. The lowest BCUT2D eigenvalue weighted by Gasteiger charge is -2.43. The van der Waals surface area contributed by atoms with E-state index < -0.39 is 0 Å². The normalized spacial score (nSPS) is 20.2. The zero-order valence-electron chi connectivity index (χ0n) is 18.5. The Morgan fingerprint density at radius 2 is 1.87 bits per heavy atom. The molecule has 0 amide bonds. The van der Waals surface area contributed by atoms with Gasteiger partial charge < -0.3 is 9.47 Å². The lowest BCUT2D eigenvalue weighted by Crippen LogP contribution is -2.48. The van der Waals surface area contributed by atoms with Crippen molar-refractivity contribution in [1.82, 2.24) is 24.2 Å². The van der Waals surface area contributed by atoms with Gasteiger partial charge in [0, 0.05) is 56.9 Å². The van der Waals surface area contributed by atoms with Crippen molar-refractivity contribution in [1.29, 1.82) is 0 Å². The summed E-state index contributed by atoms with van der Waals surface area (Å²) in [7, 11) is 4.03. The van der Waals surface area contributed by atoms with E-state index in [1.807, 2.05) is 35.4 Å². The molecule has 2 aliphatic rings. The van der Waals surface area contributed by atoms with Crippen LogP contribution in [0.5, 0.6) is 0 Å². The maximum Gasteiger partial charge on any atom is 0.255 e. The van der Waals surface area contributed by atoms with Crippen LogP contribution in [0.15, 0.2) is 47.3 Å². The van der Waals surface area contributed by atoms with E-state index in [4.69, 9.17) is 0 Å². The molecule has 2 bridgehead atoms. The first-order chi connectivity index (χ1) is 15.0. The van der Waals surface area contributed by atoms with Crippen molar-refractivity contribution in [3.8, 4) is 0 Å². The molecule has 7 heteroatoms. The SMILES string of the molecule is Cc1nc(N2C[C@@H]3C[C@H](C2)c2ccc(CN(C)Cc4ccccc4)c(=O)n2C3)n(C)n1. The summed E-state index contributed by atoms with van der Waals surface area (Å²) in [6.45, 7) is 6.02. The second-order valence-electron chi connectivity index (χ2n) is 9.14. The standard InChI is InChI=1S/C24H30N6O/c1-17-25-24(28(3)26-17)29-13-19-11-21(16-29)22-10-9-20(23(31)30(22)14-19)15-27(2)12-18-7-5-4-6-8-18/h4-10,19,21H,11-16H2,1-3H3/t19-,21+/m0/s1. The summed E-state index contributed by atoms with van der Waals surface area (Å²) >= 11 is 0. The van der Waals surface area contributed by atoms with Crippen LogP contribution in [-0.4, -0.2) is 44.4 Å². The lowest BCUT2D eigenvalue weighted by atomic mass is 9.83. The molecule has 1 aromatic carbocycles. The number of nitrogens with zero attached hydrogens (tertiary/aromatic N) is 6. The van der Waals surface area contributed by atoms with E-state index in [-0.39, 0.29) is 5.56 Å². The fourth-order valence-electron chi connectivity index (χ4n) is 5.29. The topological polar surface area (TPSA) is 59.2 Å². The van der Waals surface area contributed by atoms with Crippen molar-refractivity contribution in [3.05, 3.63) is 75.5 Å². The molecular formula is C24H30N6O. The fourth-order valence-corrected chi connectivity index (χ4v) is 5.29. The van der Waals surface area contributed by atoms with Gasteiger partial charge >= 0.3 is 0 Å². The fraction of sp³-hybridized carbons (Fsp3) is 0.458. The minimum absolute atomic E-state index is 0.176. The Morgan fingerprint density at radius 1 is 1.06 bits per heavy atom. The highest BCUT2D eigenvalue weighted by molar-refractivity contribution is 5.35. The summed E-state index contributed by atoms with van der Waals surface area (Å²) in [5.41, 5.74) is 3.48. The van der Waals surface area contributed by atoms with Crippen molar-refractivity contribution in [2.45, 2.75) is 38.9 Å². The minimum Gasteiger partial charge on any atom is -0.340 e. The van der Waals surface area contributed by atoms with Gasteiger partial charge in [0.1, 0.15) is 5.82 Å². The number of piperidine rings is 1. The molecule has 0 N–H and O–H groups in total. The van der Waals surface area contributed by atoms with Gasteiger partial charge in [-0.3, -0.25) is 9.69 Å². The van der Waals surface area contributed by atoms with E-state index in [0.29, 0.717) is 18.4 Å². The van der Waals surface area contributed by atoms with Crippen LogP contribution in [0.2, 0.25) is 0 Å². The Bertz CT molecular complexity index is 1130. The molecule has 5 rings (SSSR count). The number of hydrogen-bond acceptors (Lipinski definition) is 5. The van der Waals surface area contributed by atoms with Gasteiger partial charge in [0.25, 0.3) is 5.56 Å². The van der Waals surface area contributed by atoms with Crippen LogP contribution in [-0.2, 0) is 26.7 Å². The molecule has 0 aliphatic carbocycles. The molecule has 0 saturated carbocycles. The molecule has 0 radical (unpaired) electrons. The Kier molecular flexibility index (Phi) is 5.14. The van der Waals surface area contributed by atoms with E-state index in [0.717, 1.165) is 49.9 Å². The van der Waals surface area contributed by atoms with Gasteiger partial charge in [-0.15, -0.1) is 0 Å². The van der Waals surface area contributed by atoms with Gasteiger partial charge in [0.2, 0.25) is 5.95 Å². The highest BCUT2D eigenvalue weighted by Crippen LogP contribution is 2.36. The van der Waals surface area contributed by atoms with Crippen molar-refractivity contribution in [2.24, 2.45) is 13.0 Å². The molecule has 3 aromatic rings. The van der Waals surface area contributed by atoms with Gasteiger partial charge in [-0.1, -0.05) is 36.4 Å². The first-order valence-corrected chi connectivity index (χ1v) is 11.1. The third-order valence-corrected chi connectivity index (χ3v) is 6.55. The Morgan fingerprint density at radius 3 is 2.61 bits per heavy atom. The number of aryl methyl sites for hydroxylation is 2. The van der Waals surface area contributed by atoms with Crippen molar-refractivity contribution in [3.63, 3.8) is 0 Å². The molecule has 2 aliphatic heterocycles. The van der Waals surface area contributed by atoms with Crippen LogP contribution in [0.25, 0.3) is 0 Å². The molecule has 1 saturated heterocycles. The van der Waals surface area contributed by atoms with Crippen LogP contribution >= 0.6 is 0 Å². The number of fused-ring (bicyclic) bond motifs is 4. The van der Waals surface area contributed by atoms with Crippen LogP contribution in [0, 0.1) is 12.8 Å². The Labute approximate surface area is 182 Å². The molecule has 1 fully saturated rings. The highest BCUT2D eigenvalue weighted by atomic mass is 16.1.